The molecule has 0 spiro atoms. The Morgan fingerprint density at radius 2 is 1.64 bits per heavy atom. The van der Waals surface area contributed by atoms with E-state index in [1.165, 1.54) is 27.2 Å². The molecule has 2 aromatic rings. The van der Waals surface area contributed by atoms with E-state index in [2.05, 4.69) is 29.6 Å². The second kappa shape index (κ2) is 10.5. The summed E-state index contributed by atoms with van der Waals surface area (Å²) < 4.78 is 5.52. The van der Waals surface area contributed by atoms with Crippen LogP contribution in [0.2, 0.25) is 0 Å². The predicted octanol–water partition coefficient (Wildman–Crippen LogP) is 4.16. The average Bonchev–Trinajstić information content (AvgIpc) is 3.43. The van der Waals surface area contributed by atoms with Crippen molar-refractivity contribution in [1.82, 2.24) is 10.2 Å². The Labute approximate surface area is 193 Å². The van der Waals surface area contributed by atoms with Crippen LogP contribution in [0.4, 0.5) is 4.79 Å². The number of carbonyl (C=O) groups is 3. The molecule has 0 saturated carbocycles. The fraction of sp³-hybridized carbons (Fsp3) is 0.423. The van der Waals surface area contributed by atoms with Gasteiger partial charge in [-0.2, -0.15) is 0 Å². The van der Waals surface area contributed by atoms with Crippen molar-refractivity contribution in [3.63, 3.8) is 0 Å². The van der Waals surface area contributed by atoms with Gasteiger partial charge in [-0.3, -0.25) is 4.79 Å². The zero-order valence-electron chi connectivity index (χ0n) is 18.7. The molecule has 0 aromatic heterocycles. The molecule has 0 radical (unpaired) electrons. The highest BCUT2D eigenvalue weighted by Gasteiger charge is 2.33. The number of rotatable bonds is 9. The van der Waals surface area contributed by atoms with Gasteiger partial charge in [0.25, 0.3) is 0 Å². The largest absolute Gasteiger partial charge is 0.480 e. The van der Waals surface area contributed by atoms with Gasteiger partial charge in [-0.05, 0) is 47.9 Å². The van der Waals surface area contributed by atoms with Gasteiger partial charge in [-0.25, -0.2) is 9.59 Å². The molecule has 1 atom stereocenters. The number of benzene rings is 2. The Morgan fingerprint density at radius 1 is 0.970 bits per heavy atom. The van der Waals surface area contributed by atoms with Crippen molar-refractivity contribution in [2.75, 3.05) is 19.7 Å². The number of hydrogen-bond acceptors (Lipinski definition) is 4. The van der Waals surface area contributed by atoms with E-state index < -0.39 is 18.1 Å². The first-order valence-corrected chi connectivity index (χ1v) is 11.7. The maximum absolute atomic E-state index is 12.3. The fourth-order valence-corrected chi connectivity index (χ4v) is 4.88. The SMILES string of the molecule is O=C(NCCCCCC(=O)N1CCC[C@H]1C(=O)O)OCC1c2ccccc2-c2ccccc21. The van der Waals surface area contributed by atoms with Crippen molar-refractivity contribution in [1.29, 1.82) is 0 Å². The number of fused-ring (bicyclic) bond motifs is 3. The number of likely N-dealkylation sites (tertiary alicyclic amines) is 1. The minimum absolute atomic E-state index is 0.0365. The number of hydrogen-bond donors (Lipinski definition) is 2. The van der Waals surface area contributed by atoms with Crippen LogP contribution in [0.1, 0.15) is 55.6 Å². The van der Waals surface area contributed by atoms with Gasteiger partial charge in [0.05, 0.1) is 0 Å². The highest BCUT2D eigenvalue weighted by molar-refractivity contribution is 5.84. The third-order valence-corrected chi connectivity index (χ3v) is 6.54. The molecule has 0 unspecified atom stereocenters. The zero-order valence-corrected chi connectivity index (χ0v) is 18.7. The van der Waals surface area contributed by atoms with Gasteiger partial charge >= 0.3 is 12.1 Å². The third kappa shape index (κ3) is 5.18. The van der Waals surface area contributed by atoms with Crippen molar-refractivity contribution in [3.05, 3.63) is 59.7 Å². The van der Waals surface area contributed by atoms with Crippen LogP contribution in [0.5, 0.6) is 0 Å². The third-order valence-electron chi connectivity index (χ3n) is 6.54. The first-order chi connectivity index (χ1) is 16.1. The van der Waals surface area contributed by atoms with Crippen LogP contribution in [0.15, 0.2) is 48.5 Å². The van der Waals surface area contributed by atoms with Crippen molar-refractivity contribution < 1.29 is 24.2 Å². The smallest absolute Gasteiger partial charge is 0.407 e. The topological polar surface area (TPSA) is 95.9 Å². The highest BCUT2D eigenvalue weighted by Crippen LogP contribution is 2.44. The first-order valence-electron chi connectivity index (χ1n) is 11.7. The van der Waals surface area contributed by atoms with Gasteiger partial charge in [0, 0.05) is 25.4 Å². The second-order valence-electron chi connectivity index (χ2n) is 8.65. The Balaban J connectivity index is 1.15. The van der Waals surface area contributed by atoms with Gasteiger partial charge in [0.1, 0.15) is 12.6 Å². The molecule has 4 rings (SSSR count). The molecule has 2 aromatic carbocycles. The number of alkyl carbamates (subject to hydrolysis) is 1. The lowest BCUT2D eigenvalue weighted by molar-refractivity contribution is -0.148. The molecule has 1 heterocycles. The summed E-state index contributed by atoms with van der Waals surface area (Å²) in [5.41, 5.74) is 4.75. The number of amides is 2. The van der Waals surface area contributed by atoms with Gasteiger partial charge in [-0.15, -0.1) is 0 Å². The summed E-state index contributed by atoms with van der Waals surface area (Å²) in [6.45, 7) is 1.29. The molecule has 1 fully saturated rings. The molecular formula is C26H30N2O5. The van der Waals surface area contributed by atoms with Gasteiger partial charge in [0.15, 0.2) is 0 Å². The van der Waals surface area contributed by atoms with E-state index in [1.807, 2.05) is 24.3 Å². The average molecular weight is 451 g/mol. The van der Waals surface area contributed by atoms with Crippen LogP contribution in [0, 0.1) is 0 Å². The molecule has 174 valence electrons. The van der Waals surface area contributed by atoms with Gasteiger partial charge < -0.3 is 20.1 Å². The van der Waals surface area contributed by atoms with Crippen molar-refractivity contribution in [2.24, 2.45) is 0 Å². The molecular weight excluding hydrogens is 420 g/mol. The molecule has 1 aliphatic carbocycles. The van der Waals surface area contributed by atoms with Crippen molar-refractivity contribution >= 4 is 18.0 Å². The van der Waals surface area contributed by atoms with Gasteiger partial charge in [0.2, 0.25) is 5.91 Å². The molecule has 7 heteroatoms. The lowest BCUT2D eigenvalue weighted by Crippen LogP contribution is -2.40. The lowest BCUT2D eigenvalue weighted by atomic mass is 9.98. The first kappa shape index (κ1) is 22.8. The van der Waals surface area contributed by atoms with Crippen LogP contribution in [-0.4, -0.2) is 53.7 Å². The second-order valence-corrected chi connectivity index (χ2v) is 8.65. The van der Waals surface area contributed by atoms with E-state index in [1.54, 1.807) is 0 Å². The summed E-state index contributed by atoms with van der Waals surface area (Å²) >= 11 is 0. The normalized spacial score (nSPS) is 16.8. The number of nitrogens with one attached hydrogen (secondary N) is 1. The maximum Gasteiger partial charge on any atom is 0.407 e. The number of carboxylic acids is 1. The van der Waals surface area contributed by atoms with E-state index in [-0.39, 0.29) is 18.4 Å². The summed E-state index contributed by atoms with van der Waals surface area (Å²) in [5.74, 6) is -0.980. The van der Waals surface area contributed by atoms with Crippen molar-refractivity contribution in [3.8, 4) is 11.1 Å². The molecule has 33 heavy (non-hydrogen) atoms. The molecule has 1 saturated heterocycles. The summed E-state index contributed by atoms with van der Waals surface area (Å²) in [7, 11) is 0. The van der Waals surface area contributed by atoms with Crippen LogP contribution < -0.4 is 5.32 Å². The Hall–Kier alpha value is -3.35. The van der Waals surface area contributed by atoms with E-state index in [4.69, 9.17) is 4.74 Å². The monoisotopic (exact) mass is 450 g/mol. The molecule has 2 aliphatic rings. The maximum atomic E-state index is 12.3. The lowest BCUT2D eigenvalue weighted by Gasteiger charge is -2.21. The number of aliphatic carboxylic acids is 1. The Morgan fingerprint density at radius 3 is 2.30 bits per heavy atom. The number of nitrogens with zero attached hydrogens (tertiary/aromatic N) is 1. The predicted molar refractivity (Wildman–Crippen MR) is 124 cm³/mol. The van der Waals surface area contributed by atoms with E-state index in [0.717, 1.165) is 19.3 Å². The molecule has 2 amide bonds. The van der Waals surface area contributed by atoms with E-state index in [0.29, 0.717) is 32.4 Å². The molecule has 2 N–H and O–H groups in total. The number of ether oxygens (including phenoxy) is 1. The molecule has 0 bridgehead atoms. The summed E-state index contributed by atoms with van der Waals surface area (Å²) in [5, 5.41) is 12.0. The quantitative estimate of drug-likeness (QED) is 0.559. The summed E-state index contributed by atoms with van der Waals surface area (Å²) in [6, 6.07) is 15.8. The number of carbonyl (C=O) groups excluding carboxylic acids is 2. The van der Waals surface area contributed by atoms with E-state index >= 15 is 0 Å². The van der Waals surface area contributed by atoms with E-state index in [9.17, 15) is 19.5 Å². The van der Waals surface area contributed by atoms with Crippen LogP contribution in [0.3, 0.4) is 0 Å². The number of unbranched alkanes of at least 4 members (excludes halogenated alkanes) is 2. The minimum Gasteiger partial charge on any atom is -0.480 e. The number of carboxylic acid groups (broad SMARTS) is 1. The highest BCUT2D eigenvalue weighted by atomic mass is 16.5. The Bertz CT molecular complexity index is 976. The Kier molecular flexibility index (Phi) is 7.27. The zero-order chi connectivity index (χ0) is 23.2. The fourth-order valence-electron chi connectivity index (χ4n) is 4.88. The van der Waals surface area contributed by atoms with Gasteiger partial charge in [-0.1, -0.05) is 55.0 Å². The standard InChI is InChI=1S/C26H30N2O5/c29-24(28-16-8-13-23(28)25(30)31)14-2-1-7-15-27-26(32)33-17-22-20-11-5-3-9-18(20)19-10-4-6-12-21(19)22/h3-6,9-12,22-23H,1-2,7-8,13-17H2,(H,27,32)(H,30,31)/t23-/m0/s1. The summed E-state index contributed by atoms with van der Waals surface area (Å²) in [4.78, 5) is 37.1. The van der Waals surface area contributed by atoms with Crippen LogP contribution >= 0.6 is 0 Å². The molecule has 7 nitrogen and oxygen atoms in total. The summed E-state index contributed by atoms with van der Waals surface area (Å²) in [6.07, 6.45) is 3.37. The van der Waals surface area contributed by atoms with Crippen molar-refractivity contribution in [2.45, 2.75) is 50.5 Å². The molecule has 1 aliphatic heterocycles. The van der Waals surface area contributed by atoms with Crippen LogP contribution in [-0.2, 0) is 14.3 Å². The van der Waals surface area contributed by atoms with Crippen LogP contribution in [0.25, 0.3) is 11.1 Å². The minimum atomic E-state index is -0.923.